The minimum atomic E-state index is -1.04. The van der Waals surface area contributed by atoms with Crippen LogP contribution in [0.1, 0.15) is 40.0 Å². The average molecular weight is 257 g/mol. The van der Waals surface area contributed by atoms with Gasteiger partial charge in [-0.3, -0.25) is 9.59 Å². The first kappa shape index (κ1) is 15.0. The van der Waals surface area contributed by atoms with Gasteiger partial charge in [0.05, 0.1) is 12.0 Å². The van der Waals surface area contributed by atoms with Gasteiger partial charge in [0.15, 0.2) is 0 Å². The monoisotopic (exact) mass is 257 g/mol. The summed E-state index contributed by atoms with van der Waals surface area (Å²) in [6.45, 7) is 5.47. The molecule has 2 N–H and O–H groups in total. The van der Waals surface area contributed by atoms with Gasteiger partial charge in [0.25, 0.3) is 0 Å². The van der Waals surface area contributed by atoms with Gasteiger partial charge in [0.1, 0.15) is 0 Å². The van der Waals surface area contributed by atoms with Crippen LogP contribution in [0, 0.1) is 11.3 Å². The fourth-order valence-corrected chi connectivity index (χ4v) is 1.95. The molecule has 0 spiro atoms. The van der Waals surface area contributed by atoms with Gasteiger partial charge in [-0.1, -0.05) is 13.8 Å². The van der Waals surface area contributed by atoms with Crippen molar-refractivity contribution < 1.29 is 19.8 Å². The van der Waals surface area contributed by atoms with Gasteiger partial charge in [-0.15, -0.1) is 0 Å². The Morgan fingerprint density at radius 2 is 1.94 bits per heavy atom. The number of carbonyl (C=O) groups is 2. The van der Waals surface area contributed by atoms with Gasteiger partial charge >= 0.3 is 5.97 Å². The Morgan fingerprint density at radius 1 is 1.39 bits per heavy atom. The predicted octanol–water partition coefficient (Wildman–Crippen LogP) is 1.11. The molecule has 1 rings (SSSR count). The van der Waals surface area contributed by atoms with Gasteiger partial charge in [-0.2, -0.15) is 0 Å². The zero-order valence-electron chi connectivity index (χ0n) is 11.3. The molecular weight excluding hydrogens is 234 g/mol. The molecule has 0 heterocycles. The van der Waals surface area contributed by atoms with Crippen molar-refractivity contribution in [2.45, 2.75) is 46.1 Å². The molecule has 104 valence electrons. The molecule has 0 aromatic heterocycles. The molecule has 1 aliphatic rings. The maximum absolute atomic E-state index is 12.2. The van der Waals surface area contributed by atoms with Crippen LogP contribution < -0.4 is 0 Å². The first-order chi connectivity index (χ1) is 8.32. The lowest BCUT2D eigenvalue weighted by Gasteiger charge is -2.31. The number of nitrogens with zero attached hydrogens (tertiary/aromatic N) is 1. The summed E-state index contributed by atoms with van der Waals surface area (Å²) in [4.78, 5) is 25.2. The van der Waals surface area contributed by atoms with Crippen LogP contribution >= 0.6 is 0 Å². The highest BCUT2D eigenvalue weighted by Crippen LogP contribution is 2.34. The number of aliphatic hydroxyl groups excluding tert-OH is 1. The molecule has 5 nitrogen and oxygen atoms in total. The molecule has 1 fully saturated rings. The third-order valence-electron chi connectivity index (χ3n) is 3.93. The Hall–Kier alpha value is -1.10. The number of carboxylic acids is 1. The Morgan fingerprint density at radius 3 is 2.28 bits per heavy atom. The van der Waals surface area contributed by atoms with Crippen LogP contribution in [0.5, 0.6) is 0 Å². The van der Waals surface area contributed by atoms with Crippen LogP contribution in [0.15, 0.2) is 0 Å². The summed E-state index contributed by atoms with van der Waals surface area (Å²) < 4.78 is 0. The first-order valence-corrected chi connectivity index (χ1v) is 6.46. The summed E-state index contributed by atoms with van der Waals surface area (Å²) in [7, 11) is 0. The third-order valence-corrected chi connectivity index (χ3v) is 3.93. The number of aliphatic carboxylic acids is 1. The van der Waals surface area contributed by atoms with Gasteiger partial charge in [-0.25, -0.2) is 0 Å². The summed E-state index contributed by atoms with van der Waals surface area (Å²) in [5, 5.41) is 18.3. The highest BCUT2D eigenvalue weighted by molar-refractivity contribution is 5.85. The van der Waals surface area contributed by atoms with E-state index in [0.29, 0.717) is 6.54 Å². The molecule has 1 atom stereocenters. The van der Waals surface area contributed by atoms with Crippen LogP contribution in [0.25, 0.3) is 0 Å². The molecular formula is C13H23NO4. The van der Waals surface area contributed by atoms with Crippen molar-refractivity contribution in [1.29, 1.82) is 0 Å². The molecule has 0 radical (unpaired) electrons. The van der Waals surface area contributed by atoms with Crippen molar-refractivity contribution in [2.75, 3.05) is 13.2 Å². The Labute approximate surface area is 108 Å². The lowest BCUT2D eigenvalue weighted by molar-refractivity contribution is -0.155. The van der Waals surface area contributed by atoms with Crippen LogP contribution in [-0.2, 0) is 9.59 Å². The van der Waals surface area contributed by atoms with Gasteiger partial charge in [0, 0.05) is 19.0 Å². The third kappa shape index (κ3) is 3.22. The lowest BCUT2D eigenvalue weighted by atomic mass is 9.76. The van der Waals surface area contributed by atoms with E-state index in [4.69, 9.17) is 5.11 Å². The first-order valence-electron chi connectivity index (χ1n) is 6.46. The van der Waals surface area contributed by atoms with Crippen molar-refractivity contribution in [3.63, 3.8) is 0 Å². The van der Waals surface area contributed by atoms with Crippen LogP contribution in [0.3, 0.4) is 0 Å². The van der Waals surface area contributed by atoms with Crippen LogP contribution in [0.4, 0.5) is 0 Å². The minimum Gasteiger partial charge on any atom is -0.481 e. The molecule has 0 aromatic rings. The molecule has 1 aliphatic carbocycles. The quantitative estimate of drug-likeness (QED) is 0.716. The second kappa shape index (κ2) is 5.69. The van der Waals surface area contributed by atoms with Crippen molar-refractivity contribution in [3.8, 4) is 0 Å². The number of aliphatic hydroxyl groups is 1. The van der Waals surface area contributed by atoms with E-state index in [2.05, 4.69) is 0 Å². The maximum atomic E-state index is 12.2. The lowest BCUT2D eigenvalue weighted by Crippen LogP contribution is -2.42. The summed E-state index contributed by atoms with van der Waals surface area (Å²) in [6.07, 6.45) is 1.91. The highest BCUT2D eigenvalue weighted by Gasteiger charge is 2.42. The standard InChI is InChI=1S/C13H23NO4/c1-9(2)13(3,12(17)18)8-11(16)14(6-7-15)10-4-5-10/h9-10,15H,4-8H2,1-3H3,(H,17,18). The average Bonchev–Trinajstić information content (AvgIpc) is 3.08. The fraction of sp³-hybridized carbons (Fsp3) is 0.846. The summed E-state index contributed by atoms with van der Waals surface area (Å²) in [5.41, 5.74) is -1.04. The van der Waals surface area contributed by atoms with E-state index < -0.39 is 11.4 Å². The number of carbonyl (C=O) groups excluding carboxylic acids is 1. The van der Waals surface area contributed by atoms with Crippen molar-refractivity contribution >= 4 is 11.9 Å². The van der Waals surface area contributed by atoms with E-state index in [1.165, 1.54) is 0 Å². The van der Waals surface area contributed by atoms with Crippen LogP contribution in [-0.4, -0.2) is 46.2 Å². The number of carboxylic acid groups (broad SMARTS) is 1. The van der Waals surface area contributed by atoms with E-state index in [-0.39, 0.29) is 30.9 Å². The fourth-order valence-electron chi connectivity index (χ4n) is 1.95. The van der Waals surface area contributed by atoms with Crippen LogP contribution in [0.2, 0.25) is 0 Å². The molecule has 0 aliphatic heterocycles. The maximum Gasteiger partial charge on any atom is 0.310 e. The van der Waals surface area contributed by atoms with Crippen molar-refractivity contribution in [1.82, 2.24) is 4.90 Å². The zero-order valence-corrected chi connectivity index (χ0v) is 11.3. The molecule has 18 heavy (non-hydrogen) atoms. The van der Waals surface area contributed by atoms with E-state index in [0.717, 1.165) is 12.8 Å². The van der Waals surface area contributed by atoms with Crippen molar-refractivity contribution in [2.24, 2.45) is 11.3 Å². The molecule has 0 bridgehead atoms. The molecule has 0 aromatic carbocycles. The van der Waals surface area contributed by atoms with E-state index in [1.54, 1.807) is 11.8 Å². The second-order valence-electron chi connectivity index (χ2n) is 5.60. The smallest absolute Gasteiger partial charge is 0.310 e. The number of hydrogen-bond acceptors (Lipinski definition) is 3. The van der Waals surface area contributed by atoms with Gasteiger partial charge < -0.3 is 15.1 Å². The second-order valence-corrected chi connectivity index (χ2v) is 5.60. The Kier molecular flexibility index (Phi) is 4.73. The summed E-state index contributed by atoms with van der Waals surface area (Å²) >= 11 is 0. The Balaban J connectivity index is 2.73. The largest absolute Gasteiger partial charge is 0.481 e. The highest BCUT2D eigenvalue weighted by atomic mass is 16.4. The van der Waals surface area contributed by atoms with Gasteiger partial charge in [-0.05, 0) is 25.7 Å². The Bertz CT molecular complexity index is 325. The molecule has 1 saturated carbocycles. The minimum absolute atomic E-state index is 0.00347. The van der Waals surface area contributed by atoms with Gasteiger partial charge in [0.2, 0.25) is 5.91 Å². The number of hydrogen-bond donors (Lipinski definition) is 2. The molecule has 0 saturated heterocycles. The predicted molar refractivity (Wildman–Crippen MR) is 67.0 cm³/mol. The van der Waals surface area contributed by atoms with E-state index in [9.17, 15) is 14.7 Å². The molecule has 1 unspecified atom stereocenters. The molecule has 5 heteroatoms. The zero-order chi connectivity index (χ0) is 13.9. The number of rotatable bonds is 7. The summed E-state index contributed by atoms with van der Waals surface area (Å²) in [5.74, 6) is -1.22. The summed E-state index contributed by atoms with van der Waals surface area (Å²) in [6, 6.07) is 0.204. The van der Waals surface area contributed by atoms with E-state index in [1.807, 2.05) is 13.8 Å². The topological polar surface area (TPSA) is 77.8 Å². The number of amides is 1. The SMILES string of the molecule is CC(C)C(C)(CC(=O)N(CCO)C1CC1)C(=O)O. The molecule has 1 amide bonds. The van der Waals surface area contributed by atoms with Crippen molar-refractivity contribution in [3.05, 3.63) is 0 Å². The van der Waals surface area contributed by atoms with E-state index >= 15 is 0 Å². The normalized spacial score (nSPS) is 18.5.